The average molecular weight is 410 g/mol. The van der Waals surface area contributed by atoms with Gasteiger partial charge in [0.1, 0.15) is 12.4 Å². The summed E-state index contributed by atoms with van der Waals surface area (Å²) in [5, 5.41) is 0. The second-order valence-electron chi connectivity index (χ2n) is 3.60. The van der Waals surface area contributed by atoms with Gasteiger partial charge in [0.2, 0.25) is 0 Å². The Morgan fingerprint density at radius 3 is 2.40 bits per heavy atom. The van der Waals surface area contributed by atoms with E-state index in [9.17, 15) is 9.59 Å². The van der Waals surface area contributed by atoms with Crippen molar-refractivity contribution in [1.29, 1.82) is 0 Å². The van der Waals surface area contributed by atoms with Crippen LogP contribution in [0.1, 0.15) is 6.92 Å². The van der Waals surface area contributed by atoms with Gasteiger partial charge < -0.3 is 9.47 Å². The van der Waals surface area contributed by atoms with Crippen molar-refractivity contribution < 1.29 is 19.1 Å². The number of hydrazine groups is 1. The lowest BCUT2D eigenvalue weighted by molar-refractivity contribution is -0.132. The molecule has 8 heteroatoms. The van der Waals surface area contributed by atoms with E-state index in [4.69, 9.17) is 9.47 Å². The summed E-state index contributed by atoms with van der Waals surface area (Å²) in [6, 6.07) is 5.31. The summed E-state index contributed by atoms with van der Waals surface area (Å²) in [7, 11) is 0. The molecule has 0 heterocycles. The topological polar surface area (TPSA) is 76.7 Å². The Balaban J connectivity index is 2.31. The second kappa shape index (κ2) is 8.93. The molecule has 0 saturated heterocycles. The van der Waals surface area contributed by atoms with Gasteiger partial charge in [-0.3, -0.25) is 20.4 Å². The number of hydrogen-bond donors (Lipinski definition) is 2. The molecular weight excluding hydrogens is 396 g/mol. The van der Waals surface area contributed by atoms with Gasteiger partial charge in [0.15, 0.2) is 6.61 Å². The zero-order chi connectivity index (χ0) is 15.0. The molecule has 20 heavy (non-hydrogen) atoms. The highest BCUT2D eigenvalue weighted by atomic mass is 79.9. The van der Waals surface area contributed by atoms with Crippen LogP contribution in [-0.2, 0) is 14.3 Å². The van der Waals surface area contributed by atoms with E-state index < -0.39 is 11.8 Å². The number of amides is 2. The predicted molar refractivity (Wildman–Crippen MR) is 80.1 cm³/mol. The third kappa shape index (κ3) is 6.36. The molecule has 1 aromatic rings. The van der Waals surface area contributed by atoms with Crippen LogP contribution in [0.3, 0.4) is 0 Å². The Bertz CT molecular complexity index is 483. The molecule has 6 nitrogen and oxygen atoms in total. The minimum atomic E-state index is -0.468. The molecule has 0 saturated carbocycles. The van der Waals surface area contributed by atoms with E-state index in [1.165, 1.54) is 0 Å². The molecule has 0 aromatic heterocycles. The van der Waals surface area contributed by atoms with Crippen LogP contribution >= 0.6 is 31.9 Å². The molecule has 0 spiro atoms. The van der Waals surface area contributed by atoms with Gasteiger partial charge in [-0.15, -0.1) is 0 Å². The van der Waals surface area contributed by atoms with Crippen molar-refractivity contribution in [3.05, 3.63) is 27.1 Å². The van der Waals surface area contributed by atoms with Crippen molar-refractivity contribution in [3.8, 4) is 5.75 Å². The van der Waals surface area contributed by atoms with Crippen molar-refractivity contribution in [3.63, 3.8) is 0 Å². The molecule has 0 aliphatic carbocycles. The first kappa shape index (κ1) is 16.9. The SMILES string of the molecule is CCOCC(=O)NNC(=O)COc1ccc(Br)cc1Br. The van der Waals surface area contributed by atoms with Gasteiger partial charge in [-0.1, -0.05) is 15.9 Å². The maximum atomic E-state index is 11.5. The summed E-state index contributed by atoms with van der Waals surface area (Å²) < 4.78 is 11.8. The normalized spacial score (nSPS) is 9.95. The molecule has 0 atom stereocenters. The molecule has 1 aromatic carbocycles. The van der Waals surface area contributed by atoms with Crippen LogP contribution in [0.2, 0.25) is 0 Å². The number of carbonyl (C=O) groups excluding carboxylic acids is 2. The zero-order valence-corrected chi connectivity index (χ0v) is 13.9. The molecule has 0 radical (unpaired) electrons. The Labute approximate surface area is 133 Å². The molecule has 2 amide bonds. The summed E-state index contributed by atoms with van der Waals surface area (Å²) in [4.78, 5) is 22.6. The van der Waals surface area contributed by atoms with Crippen LogP contribution in [-0.4, -0.2) is 31.6 Å². The van der Waals surface area contributed by atoms with Crippen molar-refractivity contribution in [2.45, 2.75) is 6.92 Å². The van der Waals surface area contributed by atoms with Crippen LogP contribution in [0, 0.1) is 0 Å². The minimum Gasteiger partial charge on any atom is -0.483 e. The van der Waals surface area contributed by atoms with E-state index in [1.54, 1.807) is 25.1 Å². The molecule has 1 rings (SSSR count). The van der Waals surface area contributed by atoms with E-state index in [2.05, 4.69) is 42.7 Å². The molecule has 110 valence electrons. The fraction of sp³-hybridized carbons (Fsp3) is 0.333. The predicted octanol–water partition coefficient (Wildman–Crippen LogP) is 1.77. The molecular formula is C12H14Br2N2O4. The Hall–Kier alpha value is -1.12. The monoisotopic (exact) mass is 408 g/mol. The van der Waals surface area contributed by atoms with Crippen molar-refractivity contribution >= 4 is 43.7 Å². The van der Waals surface area contributed by atoms with E-state index in [0.29, 0.717) is 12.4 Å². The van der Waals surface area contributed by atoms with Crippen LogP contribution in [0.4, 0.5) is 0 Å². The summed E-state index contributed by atoms with van der Waals surface area (Å²) in [6.45, 7) is 1.89. The summed E-state index contributed by atoms with van der Waals surface area (Å²) >= 11 is 6.63. The highest BCUT2D eigenvalue weighted by Crippen LogP contribution is 2.27. The lowest BCUT2D eigenvalue weighted by Gasteiger charge is -2.10. The standard InChI is InChI=1S/C12H14Br2N2O4/c1-2-19-6-11(17)15-16-12(18)7-20-10-4-3-8(13)5-9(10)14/h3-5H,2,6-7H2,1H3,(H,15,17)(H,16,18). The van der Waals surface area contributed by atoms with Gasteiger partial charge in [0, 0.05) is 11.1 Å². The fourth-order valence-corrected chi connectivity index (χ4v) is 2.30. The third-order valence-corrected chi connectivity index (χ3v) is 3.14. The number of halogens is 2. The minimum absolute atomic E-state index is 0.101. The number of ether oxygens (including phenoxy) is 2. The lowest BCUT2D eigenvalue weighted by atomic mass is 10.3. The molecule has 0 fully saturated rings. The quantitative estimate of drug-likeness (QED) is 0.702. The Morgan fingerprint density at radius 2 is 1.80 bits per heavy atom. The first-order chi connectivity index (χ1) is 9.52. The Morgan fingerprint density at radius 1 is 1.15 bits per heavy atom. The summed E-state index contributed by atoms with van der Waals surface area (Å²) in [5.41, 5.74) is 4.44. The second-order valence-corrected chi connectivity index (χ2v) is 5.37. The summed E-state index contributed by atoms with van der Waals surface area (Å²) in [6.07, 6.45) is 0. The highest BCUT2D eigenvalue weighted by Gasteiger charge is 2.07. The van der Waals surface area contributed by atoms with Gasteiger partial charge in [-0.25, -0.2) is 0 Å². The Kier molecular flexibility index (Phi) is 7.56. The smallest absolute Gasteiger partial charge is 0.276 e. The number of nitrogens with one attached hydrogen (secondary N) is 2. The van der Waals surface area contributed by atoms with Crippen LogP contribution in [0.15, 0.2) is 27.1 Å². The number of hydrogen-bond acceptors (Lipinski definition) is 4. The van der Waals surface area contributed by atoms with Gasteiger partial charge in [0.05, 0.1) is 4.47 Å². The van der Waals surface area contributed by atoms with E-state index >= 15 is 0 Å². The van der Waals surface area contributed by atoms with Gasteiger partial charge in [-0.05, 0) is 41.1 Å². The van der Waals surface area contributed by atoms with Gasteiger partial charge in [-0.2, -0.15) is 0 Å². The van der Waals surface area contributed by atoms with E-state index in [0.717, 1.165) is 8.95 Å². The fourth-order valence-electron chi connectivity index (χ4n) is 1.14. The molecule has 2 N–H and O–H groups in total. The van der Waals surface area contributed by atoms with Gasteiger partial charge >= 0.3 is 0 Å². The van der Waals surface area contributed by atoms with Crippen LogP contribution < -0.4 is 15.6 Å². The van der Waals surface area contributed by atoms with Crippen molar-refractivity contribution in [2.75, 3.05) is 19.8 Å². The maximum Gasteiger partial charge on any atom is 0.276 e. The largest absolute Gasteiger partial charge is 0.483 e. The molecule has 0 bridgehead atoms. The van der Waals surface area contributed by atoms with Crippen LogP contribution in [0.5, 0.6) is 5.75 Å². The first-order valence-corrected chi connectivity index (χ1v) is 7.34. The highest BCUT2D eigenvalue weighted by molar-refractivity contribution is 9.11. The first-order valence-electron chi connectivity index (χ1n) is 5.76. The molecule has 0 unspecified atom stereocenters. The summed E-state index contributed by atoms with van der Waals surface area (Å²) in [5.74, 6) is -0.362. The maximum absolute atomic E-state index is 11.5. The molecule has 0 aliphatic heterocycles. The van der Waals surface area contributed by atoms with E-state index in [-0.39, 0.29) is 13.2 Å². The van der Waals surface area contributed by atoms with Crippen molar-refractivity contribution in [2.24, 2.45) is 0 Å². The lowest BCUT2D eigenvalue weighted by Crippen LogP contribution is -2.45. The van der Waals surface area contributed by atoms with E-state index in [1.807, 2.05) is 0 Å². The third-order valence-electron chi connectivity index (χ3n) is 2.03. The van der Waals surface area contributed by atoms with Gasteiger partial charge in [0.25, 0.3) is 11.8 Å². The number of benzene rings is 1. The average Bonchev–Trinajstić information content (AvgIpc) is 2.41. The number of rotatable bonds is 6. The van der Waals surface area contributed by atoms with Crippen molar-refractivity contribution in [1.82, 2.24) is 10.9 Å². The van der Waals surface area contributed by atoms with Crippen LogP contribution in [0.25, 0.3) is 0 Å². The zero-order valence-electron chi connectivity index (χ0n) is 10.7. The number of carbonyl (C=O) groups is 2. The molecule has 0 aliphatic rings.